The van der Waals surface area contributed by atoms with Gasteiger partial charge in [0.05, 0.1) is 13.2 Å². The van der Waals surface area contributed by atoms with Crippen LogP contribution >= 0.6 is 0 Å². The SMILES string of the molecule is CN=C(NCc1cccnc1N1CCN(C)CC1)NCC(C)(C)N1CCOCC1. The molecule has 2 saturated heterocycles. The Bertz CT molecular complexity index is 665. The van der Waals surface area contributed by atoms with Crippen molar-refractivity contribution in [1.82, 2.24) is 25.4 Å². The molecule has 0 aromatic carbocycles. The van der Waals surface area contributed by atoms with E-state index < -0.39 is 0 Å². The van der Waals surface area contributed by atoms with Crippen molar-refractivity contribution < 1.29 is 4.74 Å². The van der Waals surface area contributed by atoms with Crippen molar-refractivity contribution in [1.29, 1.82) is 0 Å². The molecule has 8 nitrogen and oxygen atoms in total. The van der Waals surface area contributed by atoms with Crippen LogP contribution in [0.1, 0.15) is 19.4 Å². The molecule has 0 atom stereocenters. The topological polar surface area (TPSA) is 68.3 Å². The number of likely N-dealkylation sites (N-methyl/N-ethyl adjacent to an activating group) is 1. The largest absolute Gasteiger partial charge is 0.379 e. The molecule has 0 aliphatic carbocycles. The van der Waals surface area contributed by atoms with E-state index in [0.717, 1.165) is 70.8 Å². The van der Waals surface area contributed by atoms with E-state index in [0.29, 0.717) is 6.54 Å². The first-order valence-corrected chi connectivity index (χ1v) is 10.6. The number of pyridine rings is 1. The Balaban J connectivity index is 1.54. The van der Waals surface area contributed by atoms with Crippen molar-refractivity contribution >= 4 is 11.8 Å². The van der Waals surface area contributed by atoms with Crippen LogP contribution in [0.4, 0.5) is 5.82 Å². The summed E-state index contributed by atoms with van der Waals surface area (Å²) in [6, 6.07) is 4.16. The van der Waals surface area contributed by atoms with Gasteiger partial charge in [0.2, 0.25) is 0 Å². The smallest absolute Gasteiger partial charge is 0.191 e. The lowest BCUT2D eigenvalue weighted by Gasteiger charge is -2.41. The quantitative estimate of drug-likeness (QED) is 0.533. The van der Waals surface area contributed by atoms with Gasteiger partial charge in [0.25, 0.3) is 0 Å². The molecule has 2 aliphatic heterocycles. The first-order chi connectivity index (χ1) is 14.0. The number of hydrogen-bond donors (Lipinski definition) is 2. The minimum absolute atomic E-state index is 0.0424. The fourth-order valence-corrected chi connectivity index (χ4v) is 3.85. The van der Waals surface area contributed by atoms with Gasteiger partial charge in [0, 0.05) is 76.7 Å². The monoisotopic (exact) mass is 403 g/mol. The van der Waals surface area contributed by atoms with Crippen LogP contribution in [0, 0.1) is 0 Å². The van der Waals surface area contributed by atoms with E-state index in [1.54, 1.807) is 0 Å². The van der Waals surface area contributed by atoms with Crippen LogP contribution in [0.3, 0.4) is 0 Å². The van der Waals surface area contributed by atoms with Gasteiger partial charge >= 0.3 is 0 Å². The summed E-state index contributed by atoms with van der Waals surface area (Å²) in [6.07, 6.45) is 1.88. The Morgan fingerprint density at radius 2 is 1.86 bits per heavy atom. The van der Waals surface area contributed by atoms with Crippen molar-refractivity contribution in [3.8, 4) is 0 Å². The summed E-state index contributed by atoms with van der Waals surface area (Å²) in [5, 5.41) is 6.97. The van der Waals surface area contributed by atoms with E-state index >= 15 is 0 Å². The van der Waals surface area contributed by atoms with Crippen molar-refractivity contribution in [3.63, 3.8) is 0 Å². The highest BCUT2D eigenvalue weighted by Crippen LogP contribution is 2.19. The van der Waals surface area contributed by atoms with Crippen LogP contribution in [0.2, 0.25) is 0 Å². The summed E-state index contributed by atoms with van der Waals surface area (Å²) in [4.78, 5) is 16.3. The number of ether oxygens (including phenoxy) is 1. The van der Waals surface area contributed by atoms with Gasteiger partial charge in [-0.2, -0.15) is 0 Å². The maximum Gasteiger partial charge on any atom is 0.191 e. The molecule has 0 spiro atoms. The average Bonchev–Trinajstić information content (AvgIpc) is 2.75. The second kappa shape index (κ2) is 10.2. The second-order valence-corrected chi connectivity index (χ2v) is 8.47. The van der Waals surface area contributed by atoms with E-state index in [9.17, 15) is 0 Å². The number of rotatable bonds is 6. The molecule has 8 heteroatoms. The van der Waals surface area contributed by atoms with Crippen LogP contribution in [0.15, 0.2) is 23.3 Å². The summed E-state index contributed by atoms with van der Waals surface area (Å²) < 4.78 is 5.49. The van der Waals surface area contributed by atoms with Gasteiger partial charge in [0.1, 0.15) is 5.82 Å². The summed E-state index contributed by atoms with van der Waals surface area (Å²) in [6.45, 7) is 13.8. The summed E-state index contributed by atoms with van der Waals surface area (Å²) >= 11 is 0. The molecule has 1 aromatic rings. The zero-order chi connectivity index (χ0) is 20.7. The number of hydrogen-bond acceptors (Lipinski definition) is 6. The number of piperazine rings is 1. The third-order valence-electron chi connectivity index (χ3n) is 5.90. The third-order valence-corrected chi connectivity index (χ3v) is 5.90. The molecular weight excluding hydrogens is 366 g/mol. The van der Waals surface area contributed by atoms with Crippen molar-refractivity contribution in [3.05, 3.63) is 23.9 Å². The number of aromatic nitrogens is 1. The molecule has 0 unspecified atom stereocenters. The van der Waals surface area contributed by atoms with Gasteiger partial charge < -0.3 is 25.2 Å². The number of anilines is 1. The van der Waals surface area contributed by atoms with Gasteiger partial charge in [-0.1, -0.05) is 6.07 Å². The van der Waals surface area contributed by atoms with Crippen molar-refractivity contribution in [2.45, 2.75) is 25.9 Å². The molecule has 1 aromatic heterocycles. The lowest BCUT2D eigenvalue weighted by molar-refractivity contribution is -0.00834. The van der Waals surface area contributed by atoms with E-state index in [4.69, 9.17) is 4.74 Å². The number of morpholine rings is 1. The molecule has 2 N–H and O–H groups in total. The van der Waals surface area contributed by atoms with Crippen LogP contribution < -0.4 is 15.5 Å². The Labute approximate surface area is 175 Å². The maximum atomic E-state index is 5.49. The van der Waals surface area contributed by atoms with E-state index in [1.807, 2.05) is 19.3 Å². The molecular formula is C21H37N7O. The number of aliphatic imine (C=N–C) groups is 1. The highest BCUT2D eigenvalue weighted by molar-refractivity contribution is 5.79. The Kier molecular flexibility index (Phi) is 7.69. The number of nitrogens with one attached hydrogen (secondary N) is 2. The average molecular weight is 404 g/mol. The van der Waals surface area contributed by atoms with Crippen LogP contribution in [0.25, 0.3) is 0 Å². The molecule has 0 bridgehead atoms. The van der Waals surface area contributed by atoms with E-state index in [1.165, 1.54) is 5.56 Å². The molecule has 2 fully saturated rings. The zero-order valence-electron chi connectivity index (χ0n) is 18.4. The molecule has 3 rings (SSSR count). The standard InChI is InChI=1S/C21H37N7O/c1-21(2,28-12-14-29-15-13-28)17-25-20(22-3)24-16-18-6-5-7-23-19(18)27-10-8-26(4)9-11-27/h5-7H,8-17H2,1-4H3,(H2,22,24,25). The van der Waals surface area contributed by atoms with Crippen LogP contribution in [-0.2, 0) is 11.3 Å². The summed E-state index contributed by atoms with van der Waals surface area (Å²) in [5.41, 5.74) is 1.24. The normalized spacial score (nSPS) is 20.0. The van der Waals surface area contributed by atoms with Gasteiger partial charge in [-0.3, -0.25) is 9.89 Å². The lowest BCUT2D eigenvalue weighted by Crippen LogP contribution is -2.56. The lowest BCUT2D eigenvalue weighted by atomic mass is 10.0. The Morgan fingerprint density at radius 3 is 2.55 bits per heavy atom. The molecule has 29 heavy (non-hydrogen) atoms. The highest BCUT2D eigenvalue weighted by atomic mass is 16.5. The fourth-order valence-electron chi connectivity index (χ4n) is 3.85. The van der Waals surface area contributed by atoms with E-state index in [2.05, 4.69) is 62.3 Å². The predicted molar refractivity (Wildman–Crippen MR) is 119 cm³/mol. The maximum absolute atomic E-state index is 5.49. The minimum atomic E-state index is 0.0424. The first-order valence-electron chi connectivity index (χ1n) is 10.6. The Morgan fingerprint density at radius 1 is 1.14 bits per heavy atom. The van der Waals surface area contributed by atoms with Gasteiger partial charge in [-0.25, -0.2) is 4.98 Å². The number of nitrogens with zero attached hydrogens (tertiary/aromatic N) is 5. The minimum Gasteiger partial charge on any atom is -0.379 e. The first kappa shape index (κ1) is 21.8. The zero-order valence-corrected chi connectivity index (χ0v) is 18.4. The molecule has 162 valence electrons. The van der Waals surface area contributed by atoms with Crippen molar-refractivity contribution in [2.24, 2.45) is 4.99 Å². The van der Waals surface area contributed by atoms with Crippen LogP contribution in [-0.4, -0.2) is 99.4 Å². The summed E-state index contributed by atoms with van der Waals surface area (Å²) in [7, 11) is 3.99. The Hall–Kier alpha value is -1.90. The van der Waals surface area contributed by atoms with Crippen molar-refractivity contribution in [2.75, 3.05) is 78.0 Å². The van der Waals surface area contributed by atoms with E-state index in [-0.39, 0.29) is 5.54 Å². The number of guanidine groups is 1. The van der Waals surface area contributed by atoms with Gasteiger partial charge in [-0.15, -0.1) is 0 Å². The molecule has 0 amide bonds. The van der Waals surface area contributed by atoms with Gasteiger partial charge in [0.15, 0.2) is 5.96 Å². The molecule has 2 aliphatic rings. The fraction of sp³-hybridized carbons (Fsp3) is 0.714. The molecule has 3 heterocycles. The molecule has 0 radical (unpaired) electrons. The highest BCUT2D eigenvalue weighted by Gasteiger charge is 2.28. The second-order valence-electron chi connectivity index (χ2n) is 8.47. The predicted octanol–water partition coefficient (Wildman–Crippen LogP) is 0.609. The van der Waals surface area contributed by atoms with Gasteiger partial charge in [-0.05, 0) is 27.0 Å². The molecule has 0 saturated carbocycles. The third kappa shape index (κ3) is 6.04. The summed E-state index contributed by atoms with van der Waals surface area (Å²) in [5.74, 6) is 1.90. The van der Waals surface area contributed by atoms with Crippen LogP contribution in [0.5, 0.6) is 0 Å².